The van der Waals surface area contributed by atoms with E-state index in [2.05, 4.69) is 10.3 Å². The van der Waals surface area contributed by atoms with Gasteiger partial charge in [-0.05, 0) is 43.1 Å². The minimum Gasteiger partial charge on any atom is -0.352 e. The van der Waals surface area contributed by atoms with Gasteiger partial charge in [0.15, 0.2) is 0 Å². The van der Waals surface area contributed by atoms with E-state index in [1.807, 2.05) is 40.8 Å². The normalized spacial score (nSPS) is 16.8. The minimum absolute atomic E-state index is 0.00409. The van der Waals surface area contributed by atoms with Crippen molar-refractivity contribution in [1.29, 1.82) is 0 Å². The lowest BCUT2D eigenvalue weighted by Gasteiger charge is -2.32. The molecule has 1 fully saturated rings. The van der Waals surface area contributed by atoms with Crippen molar-refractivity contribution in [2.24, 2.45) is 5.92 Å². The monoisotopic (exact) mass is 437 g/mol. The number of nitrogens with one attached hydrogen (secondary N) is 1. The number of carbonyl (C=O) groups is 2. The highest BCUT2D eigenvalue weighted by atomic mass is 35.5. The van der Waals surface area contributed by atoms with E-state index < -0.39 is 0 Å². The molecule has 1 saturated heterocycles. The Hall–Kier alpha value is -1.57. The lowest BCUT2D eigenvalue weighted by atomic mass is 9.93. The van der Waals surface area contributed by atoms with E-state index in [-0.39, 0.29) is 11.8 Å². The van der Waals surface area contributed by atoms with Crippen LogP contribution in [-0.4, -0.2) is 41.0 Å². The topological polar surface area (TPSA) is 62.3 Å². The van der Waals surface area contributed by atoms with Gasteiger partial charge < -0.3 is 10.2 Å². The molecule has 3 rings (SSSR count). The predicted molar refractivity (Wildman–Crippen MR) is 115 cm³/mol. The number of aromatic nitrogens is 1. The van der Waals surface area contributed by atoms with Crippen LogP contribution in [0.3, 0.4) is 0 Å². The molecule has 28 heavy (non-hydrogen) atoms. The Balaban J connectivity index is 1.45. The van der Waals surface area contributed by atoms with Crippen LogP contribution in [-0.2, 0) is 11.3 Å². The summed E-state index contributed by atoms with van der Waals surface area (Å²) in [5, 5.41) is 5.43. The van der Waals surface area contributed by atoms with Gasteiger partial charge in [0.05, 0.1) is 0 Å². The molecule has 1 aliphatic heterocycles. The van der Waals surface area contributed by atoms with Crippen molar-refractivity contribution in [3.05, 3.63) is 45.9 Å². The number of likely N-dealkylation sites (tertiary alicyclic amines) is 1. The number of thiazole rings is 1. The van der Waals surface area contributed by atoms with Crippen LogP contribution in [0, 0.1) is 5.92 Å². The van der Waals surface area contributed by atoms with Crippen LogP contribution in [0.4, 0.5) is 0 Å². The summed E-state index contributed by atoms with van der Waals surface area (Å²) in [6, 6.07) is 7.51. The Bertz CT molecular complexity index is 827. The first kappa shape index (κ1) is 21.1. The molecule has 2 heterocycles. The molecule has 1 N–H and O–H groups in total. The highest BCUT2D eigenvalue weighted by molar-refractivity contribution is 8.00. The van der Waals surface area contributed by atoms with Gasteiger partial charge in [-0.3, -0.25) is 9.59 Å². The number of hydrogen-bond donors (Lipinski definition) is 1. The number of halogens is 1. The third-order valence-electron chi connectivity index (χ3n) is 4.90. The lowest BCUT2D eigenvalue weighted by Crippen LogP contribution is -2.40. The second-order valence-corrected chi connectivity index (χ2v) is 9.19. The molecule has 0 saturated carbocycles. The molecule has 0 spiro atoms. The highest BCUT2D eigenvalue weighted by Crippen LogP contribution is 2.25. The SMILES string of the molecule is CSc1nc(C(=O)N2CCC[C@@H](CCC(=O)NCc3ccccc3Cl)C2)cs1. The number of thioether (sulfide) groups is 1. The van der Waals surface area contributed by atoms with Gasteiger partial charge in [0.25, 0.3) is 5.91 Å². The molecular weight excluding hydrogens is 414 g/mol. The summed E-state index contributed by atoms with van der Waals surface area (Å²) in [6.07, 6.45) is 5.22. The van der Waals surface area contributed by atoms with Crippen molar-refractivity contribution in [3.63, 3.8) is 0 Å². The fraction of sp³-hybridized carbons (Fsp3) is 0.450. The Kier molecular flexibility index (Phi) is 7.76. The summed E-state index contributed by atoms with van der Waals surface area (Å²) in [4.78, 5) is 31.1. The van der Waals surface area contributed by atoms with Crippen LogP contribution in [0.1, 0.15) is 41.7 Å². The average Bonchev–Trinajstić information content (AvgIpc) is 3.20. The smallest absolute Gasteiger partial charge is 0.273 e. The second kappa shape index (κ2) is 10.3. The van der Waals surface area contributed by atoms with E-state index in [9.17, 15) is 9.59 Å². The molecule has 1 aliphatic rings. The van der Waals surface area contributed by atoms with E-state index in [0.717, 1.165) is 35.7 Å². The van der Waals surface area contributed by atoms with Gasteiger partial charge in [-0.2, -0.15) is 0 Å². The van der Waals surface area contributed by atoms with Gasteiger partial charge in [-0.25, -0.2) is 4.98 Å². The summed E-state index contributed by atoms with van der Waals surface area (Å²) in [5.74, 6) is 0.374. The van der Waals surface area contributed by atoms with Gasteiger partial charge in [-0.15, -0.1) is 11.3 Å². The first-order valence-corrected chi connectivity index (χ1v) is 11.8. The van der Waals surface area contributed by atoms with Gasteiger partial charge in [0.2, 0.25) is 5.91 Å². The van der Waals surface area contributed by atoms with Crippen molar-refractivity contribution >= 4 is 46.5 Å². The molecule has 2 aromatic rings. The Labute approximate surface area is 178 Å². The van der Waals surface area contributed by atoms with E-state index in [1.165, 1.54) is 11.3 Å². The Morgan fingerprint density at radius 1 is 1.39 bits per heavy atom. The van der Waals surface area contributed by atoms with Crippen molar-refractivity contribution < 1.29 is 9.59 Å². The zero-order chi connectivity index (χ0) is 19.9. The van der Waals surface area contributed by atoms with Crippen LogP contribution in [0.15, 0.2) is 34.0 Å². The van der Waals surface area contributed by atoms with E-state index in [0.29, 0.717) is 36.1 Å². The average molecular weight is 438 g/mol. The van der Waals surface area contributed by atoms with Gasteiger partial charge in [0, 0.05) is 36.5 Å². The molecule has 0 bridgehead atoms. The van der Waals surface area contributed by atoms with Crippen LogP contribution >= 0.6 is 34.7 Å². The fourth-order valence-electron chi connectivity index (χ4n) is 3.36. The van der Waals surface area contributed by atoms with Crippen LogP contribution in [0.5, 0.6) is 0 Å². The molecule has 150 valence electrons. The van der Waals surface area contributed by atoms with Gasteiger partial charge >= 0.3 is 0 Å². The van der Waals surface area contributed by atoms with Crippen molar-refractivity contribution in [1.82, 2.24) is 15.2 Å². The molecule has 1 aromatic carbocycles. The largest absolute Gasteiger partial charge is 0.352 e. The van der Waals surface area contributed by atoms with Crippen LogP contribution in [0.25, 0.3) is 0 Å². The number of benzene rings is 1. The standard InChI is InChI=1S/C20H24ClN3O2S2/c1-27-20-23-17(13-28-20)19(26)24-10-4-5-14(12-24)8-9-18(25)22-11-15-6-2-3-7-16(15)21/h2-3,6-7,13-14H,4-5,8-12H2,1H3,(H,22,25)/t14-/m0/s1. The zero-order valence-corrected chi connectivity index (χ0v) is 18.2. The third kappa shape index (κ3) is 5.72. The minimum atomic E-state index is 0.00409. The molecule has 2 amide bonds. The molecule has 1 aromatic heterocycles. The quantitative estimate of drug-likeness (QED) is 0.649. The molecule has 0 unspecified atom stereocenters. The van der Waals surface area contributed by atoms with Crippen LogP contribution in [0.2, 0.25) is 5.02 Å². The second-order valence-electron chi connectivity index (χ2n) is 6.87. The first-order valence-electron chi connectivity index (χ1n) is 9.35. The number of amides is 2. The molecule has 1 atom stereocenters. The summed E-state index contributed by atoms with van der Waals surface area (Å²) in [6.45, 7) is 1.90. The van der Waals surface area contributed by atoms with Crippen molar-refractivity contribution in [3.8, 4) is 0 Å². The summed E-state index contributed by atoms with van der Waals surface area (Å²) in [5.41, 5.74) is 1.45. The molecule has 0 radical (unpaired) electrons. The summed E-state index contributed by atoms with van der Waals surface area (Å²) < 4.78 is 0.909. The maximum atomic E-state index is 12.7. The number of nitrogens with zero attached hydrogens (tertiary/aromatic N) is 2. The Morgan fingerprint density at radius 2 is 2.21 bits per heavy atom. The van der Waals surface area contributed by atoms with E-state index in [1.54, 1.807) is 11.8 Å². The van der Waals surface area contributed by atoms with Crippen molar-refractivity contribution in [2.45, 2.75) is 36.6 Å². The van der Waals surface area contributed by atoms with E-state index >= 15 is 0 Å². The number of rotatable bonds is 7. The number of carbonyl (C=O) groups excluding carboxylic acids is 2. The van der Waals surface area contributed by atoms with Crippen molar-refractivity contribution in [2.75, 3.05) is 19.3 Å². The maximum absolute atomic E-state index is 12.7. The number of hydrogen-bond acceptors (Lipinski definition) is 5. The molecule has 0 aliphatic carbocycles. The summed E-state index contributed by atoms with van der Waals surface area (Å²) >= 11 is 9.18. The number of piperidine rings is 1. The fourth-order valence-corrected chi connectivity index (χ4v) is 4.79. The highest BCUT2D eigenvalue weighted by Gasteiger charge is 2.26. The van der Waals surface area contributed by atoms with Crippen LogP contribution < -0.4 is 5.32 Å². The van der Waals surface area contributed by atoms with E-state index in [4.69, 9.17) is 11.6 Å². The molecule has 5 nitrogen and oxygen atoms in total. The zero-order valence-electron chi connectivity index (χ0n) is 15.8. The summed E-state index contributed by atoms with van der Waals surface area (Å²) in [7, 11) is 0. The lowest BCUT2D eigenvalue weighted by molar-refractivity contribution is -0.121. The Morgan fingerprint density at radius 3 is 2.96 bits per heavy atom. The predicted octanol–water partition coefficient (Wildman–Crippen LogP) is 4.47. The maximum Gasteiger partial charge on any atom is 0.273 e. The van der Waals surface area contributed by atoms with Gasteiger partial charge in [-0.1, -0.05) is 41.6 Å². The molecule has 8 heteroatoms. The molecular formula is C20H24ClN3O2S2. The van der Waals surface area contributed by atoms with Gasteiger partial charge in [0.1, 0.15) is 10.0 Å². The first-order chi connectivity index (χ1) is 13.6. The third-order valence-corrected chi connectivity index (χ3v) is 7.13.